The Morgan fingerprint density at radius 1 is 1.37 bits per heavy atom. The van der Waals surface area contributed by atoms with E-state index in [1.54, 1.807) is 13.3 Å². The molecule has 1 heterocycles. The van der Waals surface area contributed by atoms with Crippen LogP contribution in [0.5, 0.6) is 5.75 Å². The smallest absolute Gasteiger partial charge is 0.156 e. The van der Waals surface area contributed by atoms with Gasteiger partial charge in [-0.3, -0.25) is 0 Å². The van der Waals surface area contributed by atoms with Gasteiger partial charge in [0.05, 0.1) is 13.2 Å². The first-order valence-electron chi connectivity index (χ1n) is 5.72. The van der Waals surface area contributed by atoms with E-state index in [0.29, 0.717) is 16.6 Å². The van der Waals surface area contributed by atoms with Gasteiger partial charge in [0, 0.05) is 18.1 Å². The lowest BCUT2D eigenvalue weighted by molar-refractivity contribution is 0.203. The summed E-state index contributed by atoms with van der Waals surface area (Å²) in [6.07, 6.45) is 2.51. The van der Waals surface area contributed by atoms with Crippen LogP contribution in [-0.4, -0.2) is 27.9 Å². The number of rotatable bonds is 5. The minimum absolute atomic E-state index is 0.380. The number of hydrogen-bond acceptors (Lipinski definition) is 6. The molecule has 5 nitrogen and oxygen atoms in total. The highest BCUT2D eigenvalue weighted by Gasteiger charge is 2.11. The number of thioether (sulfide) groups is 1. The summed E-state index contributed by atoms with van der Waals surface area (Å²) < 4.78 is 5.13. The fourth-order valence-corrected chi connectivity index (χ4v) is 2.39. The van der Waals surface area contributed by atoms with Gasteiger partial charge >= 0.3 is 0 Å². The molecular formula is C13H15N3O2S. The molecule has 0 bridgehead atoms. The molecule has 2 rings (SSSR count). The highest BCUT2D eigenvalue weighted by Crippen LogP contribution is 2.27. The first-order chi connectivity index (χ1) is 9.20. The zero-order valence-electron chi connectivity index (χ0n) is 10.5. The number of nitrogens with two attached hydrogens (primary N) is 1. The highest BCUT2D eigenvalue weighted by atomic mass is 32.2. The van der Waals surface area contributed by atoms with Crippen molar-refractivity contribution >= 4 is 17.6 Å². The molecule has 0 radical (unpaired) electrons. The van der Waals surface area contributed by atoms with E-state index in [4.69, 9.17) is 10.5 Å². The number of aromatic nitrogens is 2. The summed E-state index contributed by atoms with van der Waals surface area (Å²) in [7, 11) is 1.60. The number of benzene rings is 1. The second-order valence-electron chi connectivity index (χ2n) is 3.85. The Morgan fingerprint density at radius 3 is 2.89 bits per heavy atom. The van der Waals surface area contributed by atoms with E-state index in [1.165, 1.54) is 18.0 Å². The summed E-state index contributed by atoms with van der Waals surface area (Å²) in [6, 6.07) is 7.35. The molecule has 0 fully saturated rings. The molecule has 19 heavy (non-hydrogen) atoms. The van der Waals surface area contributed by atoms with E-state index in [9.17, 15) is 5.11 Å². The van der Waals surface area contributed by atoms with Crippen LogP contribution in [-0.2, 0) is 0 Å². The van der Waals surface area contributed by atoms with Crippen molar-refractivity contribution < 1.29 is 9.84 Å². The highest BCUT2D eigenvalue weighted by molar-refractivity contribution is 7.99. The summed E-state index contributed by atoms with van der Waals surface area (Å²) in [5.74, 6) is 1.56. The van der Waals surface area contributed by atoms with Crippen molar-refractivity contribution in [1.82, 2.24) is 9.97 Å². The molecule has 0 amide bonds. The molecule has 1 aromatic carbocycles. The first-order valence-corrected chi connectivity index (χ1v) is 6.70. The number of nitrogen functional groups attached to an aromatic ring is 1. The normalized spacial score (nSPS) is 12.1. The van der Waals surface area contributed by atoms with Gasteiger partial charge in [0.25, 0.3) is 0 Å². The monoisotopic (exact) mass is 277 g/mol. The molecule has 0 aliphatic carbocycles. The van der Waals surface area contributed by atoms with Crippen molar-refractivity contribution in [2.45, 2.75) is 11.1 Å². The number of ether oxygens (including phenoxy) is 1. The van der Waals surface area contributed by atoms with E-state index < -0.39 is 6.10 Å². The quantitative estimate of drug-likeness (QED) is 0.812. The number of aliphatic hydroxyl groups excluding tert-OH is 1. The Labute approximate surface area is 115 Å². The summed E-state index contributed by atoms with van der Waals surface area (Å²) in [4.78, 5) is 8.07. The van der Waals surface area contributed by atoms with Gasteiger partial charge < -0.3 is 15.6 Å². The van der Waals surface area contributed by atoms with Gasteiger partial charge in [0.2, 0.25) is 0 Å². The average Bonchev–Trinajstić information content (AvgIpc) is 2.46. The second kappa shape index (κ2) is 6.40. The number of hydrogen-bond donors (Lipinski definition) is 2. The van der Waals surface area contributed by atoms with Crippen LogP contribution in [0.4, 0.5) is 5.82 Å². The predicted octanol–water partition coefficient (Wildman–Crippen LogP) is 1.89. The first kappa shape index (κ1) is 13.6. The van der Waals surface area contributed by atoms with Crippen molar-refractivity contribution in [2.24, 2.45) is 0 Å². The zero-order valence-corrected chi connectivity index (χ0v) is 11.3. The lowest BCUT2D eigenvalue weighted by atomic mass is 10.1. The second-order valence-corrected chi connectivity index (χ2v) is 4.86. The van der Waals surface area contributed by atoms with Gasteiger partial charge in [-0.25, -0.2) is 9.97 Å². The van der Waals surface area contributed by atoms with Gasteiger partial charge in [0.15, 0.2) is 5.82 Å². The van der Waals surface area contributed by atoms with Gasteiger partial charge in [-0.1, -0.05) is 23.9 Å². The molecule has 1 unspecified atom stereocenters. The Balaban J connectivity index is 2.01. The van der Waals surface area contributed by atoms with Crippen LogP contribution in [0.15, 0.2) is 41.7 Å². The van der Waals surface area contributed by atoms with Crippen LogP contribution >= 0.6 is 11.8 Å². The van der Waals surface area contributed by atoms with E-state index in [2.05, 4.69) is 9.97 Å². The third-order valence-electron chi connectivity index (χ3n) is 2.55. The molecule has 0 spiro atoms. The van der Waals surface area contributed by atoms with Crippen molar-refractivity contribution in [3.8, 4) is 5.75 Å². The van der Waals surface area contributed by atoms with Crippen molar-refractivity contribution in [3.63, 3.8) is 0 Å². The molecule has 0 saturated heterocycles. The van der Waals surface area contributed by atoms with Crippen LogP contribution in [0.2, 0.25) is 0 Å². The summed E-state index contributed by atoms with van der Waals surface area (Å²) >= 11 is 1.37. The Morgan fingerprint density at radius 2 is 2.16 bits per heavy atom. The Hall–Kier alpha value is -1.79. The molecule has 0 saturated carbocycles. The molecule has 1 aromatic heterocycles. The minimum atomic E-state index is -0.610. The number of nitrogens with zero attached hydrogens (tertiary/aromatic N) is 2. The molecule has 1 atom stereocenters. The predicted molar refractivity (Wildman–Crippen MR) is 75.1 cm³/mol. The molecule has 0 aliphatic heterocycles. The van der Waals surface area contributed by atoms with Crippen molar-refractivity contribution in [3.05, 3.63) is 42.2 Å². The lowest BCUT2D eigenvalue weighted by Gasteiger charge is -2.11. The zero-order chi connectivity index (χ0) is 13.7. The van der Waals surface area contributed by atoms with Crippen molar-refractivity contribution in [1.29, 1.82) is 0 Å². The fraction of sp³-hybridized carbons (Fsp3) is 0.231. The summed E-state index contributed by atoms with van der Waals surface area (Å²) in [5.41, 5.74) is 6.50. The van der Waals surface area contributed by atoms with Gasteiger partial charge in [-0.05, 0) is 17.7 Å². The molecule has 3 N–H and O–H groups in total. The SMILES string of the molecule is COc1cccc(C(O)CSc2nccnc2N)c1. The van der Waals surface area contributed by atoms with E-state index in [-0.39, 0.29) is 0 Å². The minimum Gasteiger partial charge on any atom is -0.497 e. The number of methoxy groups -OCH3 is 1. The number of anilines is 1. The van der Waals surface area contributed by atoms with E-state index in [0.717, 1.165) is 11.3 Å². The van der Waals surface area contributed by atoms with E-state index in [1.807, 2.05) is 24.3 Å². The van der Waals surface area contributed by atoms with Gasteiger partial charge in [-0.2, -0.15) is 0 Å². The van der Waals surface area contributed by atoms with Gasteiger partial charge in [0.1, 0.15) is 10.8 Å². The lowest BCUT2D eigenvalue weighted by Crippen LogP contribution is -2.02. The Kier molecular flexibility index (Phi) is 4.59. The maximum Gasteiger partial charge on any atom is 0.156 e. The van der Waals surface area contributed by atoms with Crippen LogP contribution in [0.25, 0.3) is 0 Å². The maximum absolute atomic E-state index is 10.1. The molecule has 2 aromatic rings. The summed E-state index contributed by atoms with van der Waals surface area (Å²) in [5, 5.41) is 10.8. The Bertz CT molecular complexity index is 551. The third-order valence-corrected chi connectivity index (χ3v) is 3.62. The standard InChI is InChI=1S/C13H15N3O2S/c1-18-10-4-2-3-9(7-10)11(17)8-19-13-12(14)15-5-6-16-13/h2-7,11,17H,8H2,1H3,(H2,14,15). The summed E-state index contributed by atoms with van der Waals surface area (Å²) in [6.45, 7) is 0. The van der Waals surface area contributed by atoms with E-state index >= 15 is 0 Å². The maximum atomic E-state index is 10.1. The van der Waals surface area contributed by atoms with Gasteiger partial charge in [-0.15, -0.1) is 0 Å². The van der Waals surface area contributed by atoms with Crippen LogP contribution in [0, 0.1) is 0 Å². The molecule has 6 heteroatoms. The molecular weight excluding hydrogens is 262 g/mol. The van der Waals surface area contributed by atoms with Crippen LogP contribution in [0.1, 0.15) is 11.7 Å². The topological polar surface area (TPSA) is 81.3 Å². The average molecular weight is 277 g/mol. The largest absolute Gasteiger partial charge is 0.497 e. The van der Waals surface area contributed by atoms with Crippen LogP contribution < -0.4 is 10.5 Å². The fourth-order valence-electron chi connectivity index (χ4n) is 1.55. The number of aliphatic hydroxyl groups is 1. The molecule has 100 valence electrons. The molecule has 0 aliphatic rings. The van der Waals surface area contributed by atoms with Crippen LogP contribution in [0.3, 0.4) is 0 Å². The van der Waals surface area contributed by atoms with Crippen molar-refractivity contribution in [2.75, 3.05) is 18.6 Å². The third kappa shape index (κ3) is 3.59.